The van der Waals surface area contributed by atoms with E-state index in [9.17, 15) is 14.3 Å². The molecule has 14 heavy (non-hydrogen) atoms. The van der Waals surface area contributed by atoms with Gasteiger partial charge in [-0.2, -0.15) is 0 Å². The number of aliphatic hydroxyl groups is 1. The van der Waals surface area contributed by atoms with Crippen molar-refractivity contribution < 1.29 is 19.0 Å². The molecule has 1 N–H and O–H groups in total. The topological polar surface area (TPSA) is 46.5 Å². The Morgan fingerprint density at radius 2 is 2.43 bits per heavy atom. The summed E-state index contributed by atoms with van der Waals surface area (Å²) >= 11 is 0. The summed E-state index contributed by atoms with van der Waals surface area (Å²) in [4.78, 5) is 11.1. The molecule has 1 saturated carbocycles. The first-order valence-electron chi connectivity index (χ1n) is 5.02. The zero-order valence-electron chi connectivity index (χ0n) is 8.62. The van der Waals surface area contributed by atoms with Gasteiger partial charge in [-0.3, -0.25) is 0 Å². The van der Waals surface area contributed by atoms with Gasteiger partial charge in [0.2, 0.25) is 6.17 Å². The molecule has 1 rings (SSSR count). The van der Waals surface area contributed by atoms with Gasteiger partial charge >= 0.3 is 5.97 Å². The van der Waals surface area contributed by atoms with Gasteiger partial charge in [0, 0.05) is 0 Å². The molecule has 0 aliphatic heterocycles. The van der Waals surface area contributed by atoms with Crippen molar-refractivity contribution in [2.45, 2.75) is 44.9 Å². The normalized spacial score (nSPS) is 34.1. The Balaban J connectivity index is 2.59. The lowest BCUT2D eigenvalue weighted by Crippen LogP contribution is -2.43. The standard InChI is InChI=1S/C10H17FO3/c1-3-14-9(12)8(11)10(13)5-4-7(2)6-10/h7-8,13H,3-6H2,1-2H3. The van der Waals surface area contributed by atoms with Crippen LogP contribution >= 0.6 is 0 Å². The molecule has 0 aromatic carbocycles. The van der Waals surface area contributed by atoms with Gasteiger partial charge in [-0.1, -0.05) is 6.92 Å². The van der Waals surface area contributed by atoms with Crippen LogP contribution in [0, 0.1) is 5.92 Å². The summed E-state index contributed by atoms with van der Waals surface area (Å²) in [7, 11) is 0. The van der Waals surface area contributed by atoms with Crippen molar-refractivity contribution in [3.05, 3.63) is 0 Å². The predicted molar refractivity (Wildman–Crippen MR) is 49.5 cm³/mol. The molecule has 0 radical (unpaired) electrons. The fraction of sp³-hybridized carbons (Fsp3) is 0.900. The summed E-state index contributed by atoms with van der Waals surface area (Å²) in [5.74, 6) is -0.670. The predicted octanol–water partition coefficient (Wildman–Crippen LogP) is 1.44. The lowest BCUT2D eigenvalue weighted by molar-refractivity contribution is -0.160. The quantitative estimate of drug-likeness (QED) is 0.707. The lowest BCUT2D eigenvalue weighted by atomic mass is 9.95. The molecule has 1 aliphatic carbocycles. The number of hydrogen-bond donors (Lipinski definition) is 1. The second-order valence-corrected chi connectivity index (χ2v) is 4.07. The van der Waals surface area contributed by atoms with E-state index in [1.165, 1.54) is 0 Å². The Morgan fingerprint density at radius 3 is 2.86 bits per heavy atom. The van der Waals surface area contributed by atoms with E-state index in [1.807, 2.05) is 6.92 Å². The van der Waals surface area contributed by atoms with Gasteiger partial charge in [0.1, 0.15) is 5.60 Å². The van der Waals surface area contributed by atoms with Crippen LogP contribution in [0.25, 0.3) is 0 Å². The molecule has 1 aliphatic rings. The molecule has 0 spiro atoms. The minimum absolute atomic E-state index is 0.144. The van der Waals surface area contributed by atoms with E-state index < -0.39 is 17.7 Å². The third-order valence-electron chi connectivity index (χ3n) is 2.74. The molecular weight excluding hydrogens is 187 g/mol. The van der Waals surface area contributed by atoms with Crippen LogP contribution in [0.2, 0.25) is 0 Å². The highest BCUT2D eigenvalue weighted by Gasteiger charge is 2.47. The number of alkyl halides is 1. The Morgan fingerprint density at radius 1 is 1.79 bits per heavy atom. The van der Waals surface area contributed by atoms with Crippen molar-refractivity contribution in [2.24, 2.45) is 5.92 Å². The fourth-order valence-corrected chi connectivity index (χ4v) is 1.97. The monoisotopic (exact) mass is 204 g/mol. The first-order chi connectivity index (χ1) is 6.49. The Bertz CT molecular complexity index is 219. The van der Waals surface area contributed by atoms with Crippen LogP contribution < -0.4 is 0 Å². The number of hydrogen-bond acceptors (Lipinski definition) is 3. The van der Waals surface area contributed by atoms with Crippen molar-refractivity contribution in [3.8, 4) is 0 Å². The number of esters is 1. The first kappa shape index (κ1) is 11.4. The summed E-state index contributed by atoms with van der Waals surface area (Å²) in [5.41, 5.74) is -1.49. The van der Waals surface area contributed by atoms with Gasteiger partial charge in [-0.05, 0) is 32.1 Å². The maximum atomic E-state index is 13.5. The van der Waals surface area contributed by atoms with Gasteiger partial charge in [0.15, 0.2) is 0 Å². The molecule has 4 heteroatoms. The van der Waals surface area contributed by atoms with Crippen LogP contribution in [0.1, 0.15) is 33.1 Å². The minimum atomic E-state index is -1.90. The van der Waals surface area contributed by atoms with Gasteiger partial charge in [-0.25, -0.2) is 9.18 Å². The zero-order valence-corrected chi connectivity index (χ0v) is 8.62. The van der Waals surface area contributed by atoms with Crippen molar-refractivity contribution in [1.82, 2.24) is 0 Å². The smallest absolute Gasteiger partial charge is 0.343 e. The second-order valence-electron chi connectivity index (χ2n) is 4.07. The summed E-state index contributed by atoms with van der Waals surface area (Å²) < 4.78 is 18.1. The summed E-state index contributed by atoms with van der Waals surface area (Å²) in [6, 6.07) is 0. The average Bonchev–Trinajstić information content (AvgIpc) is 2.47. The average molecular weight is 204 g/mol. The summed E-state index contributed by atoms with van der Waals surface area (Å²) in [6.45, 7) is 3.70. The number of carbonyl (C=O) groups is 1. The van der Waals surface area contributed by atoms with E-state index in [-0.39, 0.29) is 12.5 Å². The zero-order chi connectivity index (χ0) is 10.8. The summed E-state index contributed by atoms with van der Waals surface area (Å²) in [6.07, 6.45) is -0.454. The first-order valence-corrected chi connectivity index (χ1v) is 5.02. The number of halogens is 1. The minimum Gasteiger partial charge on any atom is -0.464 e. The second kappa shape index (κ2) is 4.26. The molecule has 3 nitrogen and oxygen atoms in total. The van der Waals surface area contributed by atoms with E-state index in [0.717, 1.165) is 6.42 Å². The highest BCUT2D eigenvalue weighted by Crippen LogP contribution is 2.38. The van der Waals surface area contributed by atoms with Crippen molar-refractivity contribution in [2.75, 3.05) is 6.61 Å². The van der Waals surface area contributed by atoms with Crippen LogP contribution in [0.4, 0.5) is 4.39 Å². The molecule has 3 unspecified atom stereocenters. The molecule has 1 fully saturated rings. The third-order valence-corrected chi connectivity index (χ3v) is 2.74. The fourth-order valence-electron chi connectivity index (χ4n) is 1.97. The molecule has 0 amide bonds. The SMILES string of the molecule is CCOC(=O)C(F)C1(O)CCC(C)C1. The third kappa shape index (κ3) is 2.23. The Hall–Kier alpha value is -0.640. The van der Waals surface area contributed by atoms with E-state index in [0.29, 0.717) is 12.8 Å². The largest absolute Gasteiger partial charge is 0.464 e. The van der Waals surface area contributed by atoms with Crippen molar-refractivity contribution >= 4 is 5.97 Å². The molecule has 0 bridgehead atoms. The van der Waals surface area contributed by atoms with Crippen molar-refractivity contribution in [3.63, 3.8) is 0 Å². The van der Waals surface area contributed by atoms with Gasteiger partial charge in [0.05, 0.1) is 6.61 Å². The highest BCUT2D eigenvalue weighted by atomic mass is 19.1. The number of rotatable bonds is 3. The maximum absolute atomic E-state index is 13.5. The number of carbonyl (C=O) groups excluding carboxylic acids is 1. The van der Waals surface area contributed by atoms with E-state index >= 15 is 0 Å². The van der Waals surface area contributed by atoms with Crippen LogP contribution in [-0.4, -0.2) is 29.5 Å². The van der Waals surface area contributed by atoms with Crippen LogP contribution in [0.3, 0.4) is 0 Å². The van der Waals surface area contributed by atoms with Crippen LogP contribution in [0.5, 0.6) is 0 Å². The highest BCUT2D eigenvalue weighted by molar-refractivity contribution is 5.76. The van der Waals surface area contributed by atoms with Crippen molar-refractivity contribution in [1.29, 1.82) is 0 Å². The molecule has 82 valence electrons. The van der Waals surface area contributed by atoms with Gasteiger partial charge < -0.3 is 9.84 Å². The maximum Gasteiger partial charge on any atom is 0.343 e. The van der Waals surface area contributed by atoms with Gasteiger partial charge in [-0.15, -0.1) is 0 Å². The molecule has 0 aromatic rings. The molecule has 3 atom stereocenters. The number of ether oxygens (including phenoxy) is 1. The van der Waals surface area contributed by atoms with E-state index in [2.05, 4.69) is 4.74 Å². The molecule has 0 aromatic heterocycles. The lowest BCUT2D eigenvalue weighted by Gasteiger charge is -2.25. The van der Waals surface area contributed by atoms with E-state index in [4.69, 9.17) is 0 Å². The molecule has 0 heterocycles. The molecule has 0 saturated heterocycles. The van der Waals surface area contributed by atoms with Crippen LogP contribution in [-0.2, 0) is 9.53 Å². The van der Waals surface area contributed by atoms with E-state index in [1.54, 1.807) is 6.92 Å². The Labute approximate surface area is 83.3 Å². The van der Waals surface area contributed by atoms with Gasteiger partial charge in [0.25, 0.3) is 0 Å². The van der Waals surface area contributed by atoms with Crippen LogP contribution in [0.15, 0.2) is 0 Å². The Kier molecular flexibility index (Phi) is 3.48. The summed E-state index contributed by atoms with van der Waals surface area (Å²) in [5, 5.41) is 9.85. The molecular formula is C10H17FO3.